The second-order valence-corrected chi connectivity index (χ2v) is 5.60. The molecular weight excluding hydrogens is 286 g/mol. The van der Waals surface area contributed by atoms with Gasteiger partial charge in [-0.2, -0.15) is 0 Å². The van der Waals surface area contributed by atoms with Crippen LogP contribution in [0.15, 0.2) is 48.7 Å². The monoisotopic (exact) mass is 311 g/mol. The summed E-state index contributed by atoms with van der Waals surface area (Å²) in [6.07, 6.45) is 4.41. The molecule has 0 saturated carbocycles. The zero-order valence-corrected chi connectivity index (χ0v) is 14.0. The van der Waals surface area contributed by atoms with Crippen molar-refractivity contribution in [3.05, 3.63) is 54.2 Å². The second-order valence-electron chi connectivity index (χ2n) is 5.60. The van der Waals surface area contributed by atoms with Crippen molar-refractivity contribution >= 4 is 17.4 Å². The fourth-order valence-corrected chi connectivity index (χ4v) is 2.53. The Kier molecular flexibility index (Phi) is 6.60. The maximum Gasteiger partial charge on any atom is 0.229 e. The summed E-state index contributed by atoms with van der Waals surface area (Å²) < 4.78 is 0. The fourth-order valence-electron chi connectivity index (χ4n) is 2.53. The molecule has 4 nitrogen and oxygen atoms in total. The molecule has 0 bridgehead atoms. The predicted octanol–water partition coefficient (Wildman–Crippen LogP) is 3.89. The van der Waals surface area contributed by atoms with Crippen molar-refractivity contribution < 1.29 is 4.79 Å². The number of benzene rings is 1. The van der Waals surface area contributed by atoms with Gasteiger partial charge in [0.15, 0.2) is 0 Å². The average molecular weight is 311 g/mol. The molecule has 0 aliphatic heterocycles. The Hall–Kier alpha value is -2.36. The summed E-state index contributed by atoms with van der Waals surface area (Å²) in [4.78, 5) is 18.7. The lowest BCUT2D eigenvalue weighted by Gasteiger charge is -2.23. The lowest BCUT2D eigenvalue weighted by atomic mass is 10.1. The summed E-state index contributed by atoms with van der Waals surface area (Å²) >= 11 is 0. The quantitative estimate of drug-likeness (QED) is 0.804. The minimum Gasteiger partial charge on any atom is -0.370 e. The number of carbonyl (C=O) groups excluding carboxylic acids is 1. The van der Waals surface area contributed by atoms with Crippen molar-refractivity contribution in [2.45, 2.75) is 33.1 Å². The molecule has 2 aromatic rings. The number of carbonyl (C=O) groups is 1. The molecule has 0 spiro atoms. The fraction of sp³-hybridized carbons (Fsp3) is 0.368. The first-order chi connectivity index (χ1) is 11.2. The third-order valence-electron chi connectivity index (χ3n) is 3.58. The average Bonchev–Trinajstić information content (AvgIpc) is 2.56. The number of hydrogen-bond donors (Lipinski definition) is 1. The first-order valence-corrected chi connectivity index (χ1v) is 8.27. The molecule has 0 fully saturated rings. The molecule has 0 saturated heterocycles. The molecule has 23 heavy (non-hydrogen) atoms. The maximum atomic E-state index is 12.0. The Morgan fingerprint density at radius 1 is 1.04 bits per heavy atom. The van der Waals surface area contributed by atoms with E-state index in [9.17, 15) is 4.79 Å². The van der Waals surface area contributed by atoms with Crippen LogP contribution in [-0.4, -0.2) is 24.0 Å². The van der Waals surface area contributed by atoms with Crippen LogP contribution in [0.3, 0.4) is 0 Å². The SMILES string of the molecule is CCCN(CCC)c1ccc(NC(=O)Cc2ccccc2)nc1. The standard InChI is InChI=1S/C19H25N3O/c1-3-12-22(13-4-2)17-10-11-18(20-15-17)21-19(23)14-16-8-6-5-7-9-16/h5-11,15H,3-4,12-14H2,1-2H3,(H,20,21,23). The molecule has 0 radical (unpaired) electrons. The highest BCUT2D eigenvalue weighted by Crippen LogP contribution is 2.16. The van der Waals surface area contributed by atoms with Crippen molar-refractivity contribution in [2.75, 3.05) is 23.3 Å². The van der Waals surface area contributed by atoms with Gasteiger partial charge in [-0.05, 0) is 30.5 Å². The topological polar surface area (TPSA) is 45.2 Å². The third-order valence-corrected chi connectivity index (χ3v) is 3.58. The van der Waals surface area contributed by atoms with E-state index in [-0.39, 0.29) is 5.91 Å². The number of rotatable bonds is 8. The minimum absolute atomic E-state index is 0.0459. The van der Waals surface area contributed by atoms with Gasteiger partial charge in [0.25, 0.3) is 0 Å². The van der Waals surface area contributed by atoms with Crippen molar-refractivity contribution in [2.24, 2.45) is 0 Å². The van der Waals surface area contributed by atoms with Gasteiger partial charge < -0.3 is 10.2 Å². The van der Waals surface area contributed by atoms with Crippen LogP contribution in [0.4, 0.5) is 11.5 Å². The van der Waals surface area contributed by atoms with E-state index in [0.717, 1.165) is 37.2 Å². The number of anilines is 2. The van der Waals surface area contributed by atoms with Crippen LogP contribution in [0.1, 0.15) is 32.3 Å². The van der Waals surface area contributed by atoms with E-state index in [0.29, 0.717) is 12.2 Å². The number of nitrogens with one attached hydrogen (secondary N) is 1. The largest absolute Gasteiger partial charge is 0.370 e. The van der Waals surface area contributed by atoms with Gasteiger partial charge in [-0.1, -0.05) is 44.2 Å². The van der Waals surface area contributed by atoms with Crippen molar-refractivity contribution in [3.63, 3.8) is 0 Å². The zero-order chi connectivity index (χ0) is 16.5. The first-order valence-electron chi connectivity index (χ1n) is 8.27. The molecule has 1 aromatic carbocycles. The van der Waals surface area contributed by atoms with E-state index in [4.69, 9.17) is 0 Å². The molecular formula is C19H25N3O. The Balaban J connectivity index is 1.95. The van der Waals surface area contributed by atoms with Crippen LogP contribution in [0.5, 0.6) is 0 Å². The van der Waals surface area contributed by atoms with E-state index in [1.54, 1.807) is 0 Å². The zero-order valence-electron chi connectivity index (χ0n) is 14.0. The van der Waals surface area contributed by atoms with E-state index in [1.807, 2.05) is 48.7 Å². The highest BCUT2D eigenvalue weighted by Gasteiger charge is 2.07. The summed E-state index contributed by atoms with van der Waals surface area (Å²) in [7, 11) is 0. The number of amides is 1. The molecule has 1 N–H and O–H groups in total. The second kappa shape index (κ2) is 8.93. The van der Waals surface area contributed by atoms with Gasteiger partial charge in [-0.3, -0.25) is 4.79 Å². The molecule has 122 valence electrons. The van der Waals surface area contributed by atoms with Crippen LogP contribution in [0.25, 0.3) is 0 Å². The van der Waals surface area contributed by atoms with Gasteiger partial charge in [-0.15, -0.1) is 0 Å². The van der Waals surface area contributed by atoms with Gasteiger partial charge in [0.05, 0.1) is 18.3 Å². The lowest BCUT2D eigenvalue weighted by Crippen LogP contribution is -2.25. The minimum atomic E-state index is -0.0459. The highest BCUT2D eigenvalue weighted by molar-refractivity contribution is 5.91. The number of hydrogen-bond acceptors (Lipinski definition) is 3. The molecule has 2 rings (SSSR count). The van der Waals surface area contributed by atoms with Gasteiger partial charge in [0.2, 0.25) is 5.91 Å². The molecule has 0 atom stereocenters. The summed E-state index contributed by atoms with van der Waals surface area (Å²) in [5.41, 5.74) is 2.11. The molecule has 0 aliphatic rings. The lowest BCUT2D eigenvalue weighted by molar-refractivity contribution is -0.115. The maximum absolute atomic E-state index is 12.0. The van der Waals surface area contributed by atoms with Gasteiger partial charge >= 0.3 is 0 Å². The summed E-state index contributed by atoms with van der Waals surface area (Å²) in [6.45, 7) is 6.40. The molecule has 1 aromatic heterocycles. The van der Waals surface area contributed by atoms with Crippen LogP contribution in [0.2, 0.25) is 0 Å². The number of pyridine rings is 1. The Morgan fingerprint density at radius 2 is 1.74 bits per heavy atom. The van der Waals surface area contributed by atoms with Crippen molar-refractivity contribution in [1.29, 1.82) is 0 Å². The molecule has 1 amide bonds. The molecule has 1 heterocycles. The van der Waals surface area contributed by atoms with E-state index in [1.165, 1.54) is 0 Å². The highest BCUT2D eigenvalue weighted by atomic mass is 16.1. The van der Waals surface area contributed by atoms with Crippen LogP contribution < -0.4 is 10.2 Å². The van der Waals surface area contributed by atoms with Gasteiger partial charge in [0.1, 0.15) is 5.82 Å². The summed E-state index contributed by atoms with van der Waals surface area (Å²) in [5, 5.41) is 2.85. The van der Waals surface area contributed by atoms with Crippen LogP contribution >= 0.6 is 0 Å². The molecule has 4 heteroatoms. The van der Waals surface area contributed by atoms with Gasteiger partial charge in [-0.25, -0.2) is 4.98 Å². The number of aromatic nitrogens is 1. The van der Waals surface area contributed by atoms with E-state index in [2.05, 4.69) is 29.0 Å². The Labute approximate surface area is 138 Å². The van der Waals surface area contributed by atoms with Crippen LogP contribution in [0, 0.1) is 0 Å². The van der Waals surface area contributed by atoms with E-state index >= 15 is 0 Å². The molecule has 0 unspecified atom stereocenters. The smallest absolute Gasteiger partial charge is 0.229 e. The summed E-state index contributed by atoms with van der Waals surface area (Å²) in [5.74, 6) is 0.554. The predicted molar refractivity (Wildman–Crippen MR) is 95.8 cm³/mol. The summed E-state index contributed by atoms with van der Waals surface area (Å²) in [6, 6.07) is 13.6. The van der Waals surface area contributed by atoms with Crippen molar-refractivity contribution in [3.8, 4) is 0 Å². The van der Waals surface area contributed by atoms with Crippen LogP contribution in [-0.2, 0) is 11.2 Å². The Morgan fingerprint density at radius 3 is 2.30 bits per heavy atom. The van der Waals surface area contributed by atoms with E-state index < -0.39 is 0 Å². The van der Waals surface area contributed by atoms with Crippen molar-refractivity contribution in [1.82, 2.24) is 4.98 Å². The third kappa shape index (κ3) is 5.40. The molecule has 0 aliphatic carbocycles. The first kappa shape index (κ1) is 17.0. The normalized spacial score (nSPS) is 10.3. The Bertz CT molecular complexity index is 590. The number of nitrogens with zero attached hydrogens (tertiary/aromatic N) is 2. The van der Waals surface area contributed by atoms with Gasteiger partial charge in [0, 0.05) is 13.1 Å².